The average molecular weight is 217 g/mol. The maximum absolute atomic E-state index is 5.43. The van der Waals surface area contributed by atoms with E-state index >= 15 is 0 Å². The van der Waals surface area contributed by atoms with E-state index in [0.717, 1.165) is 25.7 Å². The van der Waals surface area contributed by atoms with E-state index in [1.807, 2.05) is 0 Å². The zero-order valence-corrected chi connectivity index (χ0v) is 9.61. The number of nitrogens with one attached hydrogen (secondary N) is 1. The molecule has 0 saturated carbocycles. The highest BCUT2D eigenvalue weighted by Crippen LogP contribution is 2.28. The molecule has 2 heteroatoms. The summed E-state index contributed by atoms with van der Waals surface area (Å²) in [7, 11) is 0. The fourth-order valence-electron chi connectivity index (χ4n) is 2.78. The highest BCUT2D eigenvalue weighted by atomic mass is 16.5. The molecule has 0 spiro atoms. The van der Waals surface area contributed by atoms with Gasteiger partial charge in [0.25, 0.3) is 0 Å². The lowest BCUT2D eigenvalue weighted by molar-refractivity contribution is 0.194. The molecule has 2 aliphatic rings. The van der Waals surface area contributed by atoms with E-state index in [-0.39, 0.29) is 0 Å². The van der Waals surface area contributed by atoms with Gasteiger partial charge in [0.05, 0.1) is 6.61 Å². The van der Waals surface area contributed by atoms with Crippen molar-refractivity contribution in [1.82, 2.24) is 5.32 Å². The Bertz CT molecular complexity index is 299. The van der Waals surface area contributed by atoms with Crippen molar-refractivity contribution in [3.8, 4) is 0 Å². The number of benzene rings is 1. The SMILES string of the molecule is c1cc(C2CCOC2)ccc1C1CCNC1. The Hall–Kier alpha value is -0.860. The van der Waals surface area contributed by atoms with Gasteiger partial charge < -0.3 is 10.1 Å². The third-order valence-electron chi connectivity index (χ3n) is 3.87. The molecule has 2 aliphatic heterocycles. The molecule has 16 heavy (non-hydrogen) atoms. The number of hydrogen-bond donors (Lipinski definition) is 1. The minimum atomic E-state index is 0.635. The monoisotopic (exact) mass is 217 g/mol. The summed E-state index contributed by atoms with van der Waals surface area (Å²) in [5.74, 6) is 1.37. The normalized spacial score (nSPS) is 29.8. The zero-order chi connectivity index (χ0) is 10.8. The van der Waals surface area contributed by atoms with Gasteiger partial charge in [-0.15, -0.1) is 0 Å². The lowest BCUT2D eigenvalue weighted by Gasteiger charge is -2.12. The van der Waals surface area contributed by atoms with Gasteiger partial charge in [-0.05, 0) is 36.4 Å². The van der Waals surface area contributed by atoms with Gasteiger partial charge in [0.2, 0.25) is 0 Å². The van der Waals surface area contributed by atoms with Crippen molar-refractivity contribution in [2.45, 2.75) is 24.7 Å². The van der Waals surface area contributed by atoms with E-state index in [9.17, 15) is 0 Å². The standard InChI is InChI=1S/C14H19NO/c1-3-12(14-6-8-16-10-14)4-2-11(1)13-5-7-15-9-13/h1-4,13-15H,5-10H2. The van der Waals surface area contributed by atoms with E-state index in [2.05, 4.69) is 29.6 Å². The number of ether oxygens (including phenoxy) is 1. The second-order valence-electron chi connectivity index (χ2n) is 4.92. The smallest absolute Gasteiger partial charge is 0.0535 e. The highest BCUT2D eigenvalue weighted by Gasteiger charge is 2.19. The van der Waals surface area contributed by atoms with Crippen LogP contribution in [0.2, 0.25) is 0 Å². The van der Waals surface area contributed by atoms with Crippen molar-refractivity contribution in [1.29, 1.82) is 0 Å². The van der Waals surface area contributed by atoms with Crippen molar-refractivity contribution in [2.75, 3.05) is 26.3 Å². The lowest BCUT2D eigenvalue weighted by Crippen LogP contribution is -2.08. The molecular weight excluding hydrogens is 198 g/mol. The predicted octanol–water partition coefficient (Wildman–Crippen LogP) is 2.27. The van der Waals surface area contributed by atoms with E-state index < -0.39 is 0 Å². The van der Waals surface area contributed by atoms with Crippen LogP contribution in [-0.4, -0.2) is 26.3 Å². The van der Waals surface area contributed by atoms with E-state index in [1.54, 1.807) is 0 Å². The summed E-state index contributed by atoms with van der Waals surface area (Å²) in [6.07, 6.45) is 2.47. The van der Waals surface area contributed by atoms with Gasteiger partial charge in [0, 0.05) is 19.1 Å². The molecule has 0 aromatic heterocycles. The average Bonchev–Trinajstić information content (AvgIpc) is 3.03. The molecule has 0 radical (unpaired) electrons. The largest absolute Gasteiger partial charge is 0.381 e. The molecular formula is C14H19NO. The first-order chi connectivity index (χ1) is 7.93. The Balaban J connectivity index is 1.73. The zero-order valence-electron chi connectivity index (χ0n) is 9.61. The molecule has 2 nitrogen and oxygen atoms in total. The lowest BCUT2D eigenvalue weighted by atomic mass is 9.93. The van der Waals surface area contributed by atoms with Crippen LogP contribution in [0.1, 0.15) is 35.8 Å². The Kier molecular flexibility index (Phi) is 2.94. The fourth-order valence-corrected chi connectivity index (χ4v) is 2.78. The van der Waals surface area contributed by atoms with Crippen LogP contribution in [0.25, 0.3) is 0 Å². The molecule has 0 aliphatic carbocycles. The molecule has 2 atom stereocenters. The first-order valence-corrected chi connectivity index (χ1v) is 6.32. The molecule has 0 bridgehead atoms. The maximum Gasteiger partial charge on any atom is 0.0535 e. The molecule has 1 N–H and O–H groups in total. The van der Waals surface area contributed by atoms with Gasteiger partial charge in [0.15, 0.2) is 0 Å². The van der Waals surface area contributed by atoms with Crippen LogP contribution >= 0.6 is 0 Å². The van der Waals surface area contributed by atoms with Crippen LogP contribution in [0.3, 0.4) is 0 Å². The Morgan fingerprint density at radius 2 is 1.75 bits per heavy atom. The summed E-state index contributed by atoms with van der Waals surface area (Å²) >= 11 is 0. The van der Waals surface area contributed by atoms with Crippen molar-refractivity contribution in [3.05, 3.63) is 35.4 Å². The fraction of sp³-hybridized carbons (Fsp3) is 0.571. The minimum absolute atomic E-state index is 0.635. The second kappa shape index (κ2) is 4.56. The quantitative estimate of drug-likeness (QED) is 0.820. The van der Waals surface area contributed by atoms with Crippen LogP contribution < -0.4 is 5.32 Å². The molecule has 2 heterocycles. The summed E-state index contributed by atoms with van der Waals surface area (Å²) in [6, 6.07) is 9.22. The van der Waals surface area contributed by atoms with Gasteiger partial charge in [-0.25, -0.2) is 0 Å². The van der Waals surface area contributed by atoms with Gasteiger partial charge in [0.1, 0.15) is 0 Å². The van der Waals surface area contributed by atoms with Crippen LogP contribution in [0.4, 0.5) is 0 Å². The third-order valence-corrected chi connectivity index (χ3v) is 3.87. The first-order valence-electron chi connectivity index (χ1n) is 6.32. The van der Waals surface area contributed by atoms with Crippen LogP contribution in [0, 0.1) is 0 Å². The van der Waals surface area contributed by atoms with Gasteiger partial charge in [-0.1, -0.05) is 24.3 Å². The molecule has 1 aromatic rings. The molecule has 86 valence electrons. The van der Waals surface area contributed by atoms with Crippen molar-refractivity contribution in [2.24, 2.45) is 0 Å². The summed E-state index contributed by atoms with van der Waals surface area (Å²) in [5, 5.41) is 3.42. The molecule has 2 unspecified atom stereocenters. The summed E-state index contributed by atoms with van der Waals surface area (Å²) < 4.78 is 5.43. The minimum Gasteiger partial charge on any atom is -0.381 e. The van der Waals surface area contributed by atoms with Crippen molar-refractivity contribution >= 4 is 0 Å². The van der Waals surface area contributed by atoms with Crippen LogP contribution in [0.15, 0.2) is 24.3 Å². The Labute approximate surface area is 97.0 Å². The first kappa shape index (κ1) is 10.3. The summed E-state index contributed by atoms with van der Waals surface area (Å²) in [4.78, 5) is 0. The number of hydrogen-bond acceptors (Lipinski definition) is 2. The molecule has 3 rings (SSSR count). The Morgan fingerprint density at radius 3 is 2.31 bits per heavy atom. The third kappa shape index (κ3) is 2.00. The number of rotatable bonds is 2. The molecule has 2 fully saturated rings. The van der Waals surface area contributed by atoms with Gasteiger partial charge in [-0.2, -0.15) is 0 Å². The van der Waals surface area contributed by atoms with E-state index in [4.69, 9.17) is 4.74 Å². The van der Waals surface area contributed by atoms with Crippen molar-refractivity contribution < 1.29 is 4.74 Å². The molecule has 2 saturated heterocycles. The predicted molar refractivity (Wildman–Crippen MR) is 64.8 cm³/mol. The van der Waals surface area contributed by atoms with Gasteiger partial charge >= 0.3 is 0 Å². The van der Waals surface area contributed by atoms with Crippen LogP contribution in [0.5, 0.6) is 0 Å². The Morgan fingerprint density at radius 1 is 1.00 bits per heavy atom. The maximum atomic E-state index is 5.43. The van der Waals surface area contributed by atoms with Crippen molar-refractivity contribution in [3.63, 3.8) is 0 Å². The van der Waals surface area contributed by atoms with E-state index in [0.29, 0.717) is 5.92 Å². The second-order valence-corrected chi connectivity index (χ2v) is 4.92. The van der Waals surface area contributed by atoms with Crippen LogP contribution in [-0.2, 0) is 4.74 Å². The molecule has 0 amide bonds. The topological polar surface area (TPSA) is 21.3 Å². The summed E-state index contributed by atoms with van der Waals surface area (Å²) in [5.41, 5.74) is 2.94. The highest BCUT2D eigenvalue weighted by molar-refractivity contribution is 5.29. The van der Waals surface area contributed by atoms with E-state index in [1.165, 1.54) is 30.5 Å². The van der Waals surface area contributed by atoms with Gasteiger partial charge in [-0.3, -0.25) is 0 Å². The molecule has 1 aromatic carbocycles. The summed E-state index contributed by atoms with van der Waals surface area (Å²) in [6.45, 7) is 4.15.